The Bertz CT molecular complexity index is 305. The second-order valence-electron chi connectivity index (χ2n) is 3.68. The summed E-state index contributed by atoms with van der Waals surface area (Å²) in [5.41, 5.74) is 8.01. The molecule has 0 aromatic heterocycles. The minimum absolute atomic E-state index is 0.222. The van der Waals surface area contributed by atoms with Gasteiger partial charge >= 0.3 is 0 Å². The number of hydrogen-bond donors (Lipinski definition) is 2. The molecule has 0 aliphatic rings. The lowest BCUT2D eigenvalue weighted by atomic mass is 9.97. The quantitative estimate of drug-likeness (QED) is 0.538. The number of nitrogens with two attached hydrogens (primary N) is 1. The van der Waals surface area contributed by atoms with Crippen molar-refractivity contribution >= 4 is 0 Å². The van der Waals surface area contributed by atoms with Crippen molar-refractivity contribution in [2.75, 3.05) is 0 Å². The topological polar surface area (TPSA) is 38.0 Å². The van der Waals surface area contributed by atoms with Crippen LogP contribution in [0.4, 0.5) is 0 Å². The van der Waals surface area contributed by atoms with Gasteiger partial charge < -0.3 is 0 Å². The summed E-state index contributed by atoms with van der Waals surface area (Å²) < 4.78 is 0. The van der Waals surface area contributed by atoms with Crippen LogP contribution in [0.1, 0.15) is 35.2 Å². The normalized spacial score (nSPS) is 13.0. The van der Waals surface area contributed by atoms with Crippen molar-refractivity contribution in [2.24, 2.45) is 5.84 Å². The fraction of sp³-hybridized carbons (Fsp3) is 0.455. The predicted octanol–water partition coefficient (Wildman–Crippen LogP) is 2.14. The second kappa shape index (κ2) is 3.90. The van der Waals surface area contributed by atoms with Gasteiger partial charge in [0.1, 0.15) is 0 Å². The van der Waals surface area contributed by atoms with Crippen LogP contribution in [0.3, 0.4) is 0 Å². The van der Waals surface area contributed by atoms with Crippen molar-refractivity contribution in [2.45, 2.75) is 33.7 Å². The van der Waals surface area contributed by atoms with Crippen molar-refractivity contribution in [1.82, 2.24) is 5.43 Å². The highest BCUT2D eigenvalue weighted by Gasteiger charge is 2.07. The Morgan fingerprint density at radius 3 is 2.15 bits per heavy atom. The van der Waals surface area contributed by atoms with Crippen LogP contribution >= 0.6 is 0 Å². The molecule has 1 aromatic rings. The van der Waals surface area contributed by atoms with Gasteiger partial charge in [0.05, 0.1) is 0 Å². The number of nitrogens with one attached hydrogen (secondary N) is 1. The summed E-state index contributed by atoms with van der Waals surface area (Å²) >= 11 is 0. The van der Waals surface area contributed by atoms with E-state index in [1.807, 2.05) is 0 Å². The summed E-state index contributed by atoms with van der Waals surface area (Å²) in [5.74, 6) is 5.41. The maximum atomic E-state index is 5.41. The lowest BCUT2D eigenvalue weighted by Crippen LogP contribution is -2.26. The van der Waals surface area contributed by atoms with E-state index >= 15 is 0 Å². The maximum absolute atomic E-state index is 5.41. The molecule has 72 valence electrons. The van der Waals surface area contributed by atoms with Crippen LogP contribution in [0.15, 0.2) is 12.1 Å². The molecule has 1 aromatic carbocycles. The number of hydrogen-bond acceptors (Lipinski definition) is 2. The third-order valence-corrected chi connectivity index (χ3v) is 2.60. The molecule has 2 nitrogen and oxygen atoms in total. The lowest BCUT2D eigenvalue weighted by molar-refractivity contribution is 0.599. The first-order chi connectivity index (χ1) is 6.06. The van der Waals surface area contributed by atoms with Crippen LogP contribution in [-0.4, -0.2) is 0 Å². The van der Waals surface area contributed by atoms with Gasteiger partial charge in [0.2, 0.25) is 0 Å². The number of rotatable bonds is 2. The summed E-state index contributed by atoms with van der Waals surface area (Å²) in [4.78, 5) is 0. The van der Waals surface area contributed by atoms with Crippen LogP contribution in [0, 0.1) is 20.8 Å². The molecular weight excluding hydrogens is 160 g/mol. The van der Waals surface area contributed by atoms with Gasteiger partial charge in [-0.15, -0.1) is 0 Å². The predicted molar refractivity (Wildman–Crippen MR) is 56.4 cm³/mol. The second-order valence-corrected chi connectivity index (χ2v) is 3.68. The van der Waals surface area contributed by atoms with Gasteiger partial charge in [0, 0.05) is 6.04 Å². The molecule has 0 heterocycles. The van der Waals surface area contributed by atoms with Crippen molar-refractivity contribution in [3.63, 3.8) is 0 Å². The van der Waals surface area contributed by atoms with Crippen molar-refractivity contribution < 1.29 is 0 Å². The summed E-state index contributed by atoms with van der Waals surface area (Å²) in [6, 6.07) is 4.63. The maximum Gasteiger partial charge on any atom is 0.0434 e. The fourth-order valence-electron chi connectivity index (χ4n) is 1.54. The standard InChI is InChI=1S/C11H18N2/c1-7-5-9(3)11(6-8(7)2)10(4)13-12/h5-6,10,13H,12H2,1-4H3/t10-/m1/s1. The minimum atomic E-state index is 0.222. The Morgan fingerprint density at radius 1 is 1.08 bits per heavy atom. The average Bonchev–Trinajstić information content (AvgIpc) is 2.10. The SMILES string of the molecule is Cc1cc(C)c([C@@H](C)NN)cc1C. The molecule has 0 bridgehead atoms. The molecule has 0 aliphatic carbocycles. The van der Waals surface area contributed by atoms with Gasteiger partial charge in [-0.2, -0.15) is 0 Å². The summed E-state index contributed by atoms with van der Waals surface area (Å²) in [7, 11) is 0. The smallest absolute Gasteiger partial charge is 0.0434 e. The zero-order chi connectivity index (χ0) is 10.0. The van der Waals surface area contributed by atoms with Gasteiger partial charge in [-0.3, -0.25) is 11.3 Å². The van der Waals surface area contributed by atoms with Gasteiger partial charge in [-0.25, -0.2) is 0 Å². The van der Waals surface area contributed by atoms with Crippen LogP contribution in [0.2, 0.25) is 0 Å². The fourth-order valence-corrected chi connectivity index (χ4v) is 1.54. The van der Waals surface area contributed by atoms with Crippen LogP contribution in [0.5, 0.6) is 0 Å². The summed E-state index contributed by atoms with van der Waals surface area (Å²) in [5, 5.41) is 0. The number of hydrazine groups is 1. The van der Waals surface area contributed by atoms with Crippen LogP contribution in [-0.2, 0) is 0 Å². The van der Waals surface area contributed by atoms with E-state index in [0.29, 0.717) is 0 Å². The summed E-state index contributed by atoms with van der Waals surface area (Å²) in [6.07, 6.45) is 0. The molecule has 2 heteroatoms. The number of aryl methyl sites for hydroxylation is 3. The van der Waals surface area contributed by atoms with E-state index in [0.717, 1.165) is 0 Å². The molecule has 0 aliphatic heterocycles. The third kappa shape index (κ3) is 2.08. The first-order valence-electron chi connectivity index (χ1n) is 4.60. The van der Waals surface area contributed by atoms with Crippen LogP contribution in [0.25, 0.3) is 0 Å². The molecule has 0 radical (unpaired) electrons. The molecule has 0 amide bonds. The zero-order valence-electron chi connectivity index (χ0n) is 8.81. The van der Waals surface area contributed by atoms with Gasteiger partial charge in [0.15, 0.2) is 0 Å². The van der Waals surface area contributed by atoms with Crippen molar-refractivity contribution in [3.8, 4) is 0 Å². The molecule has 1 rings (SSSR count). The Labute approximate surface area is 80.1 Å². The van der Waals surface area contributed by atoms with Gasteiger partial charge in [-0.1, -0.05) is 12.1 Å². The van der Waals surface area contributed by atoms with E-state index < -0.39 is 0 Å². The Kier molecular flexibility index (Phi) is 3.07. The van der Waals surface area contributed by atoms with Gasteiger partial charge in [0.25, 0.3) is 0 Å². The minimum Gasteiger partial charge on any atom is -0.271 e. The Hall–Kier alpha value is -0.860. The van der Waals surface area contributed by atoms with E-state index in [1.54, 1.807) is 0 Å². The van der Waals surface area contributed by atoms with E-state index in [2.05, 4.69) is 45.3 Å². The Morgan fingerprint density at radius 2 is 1.62 bits per heavy atom. The number of benzene rings is 1. The highest BCUT2D eigenvalue weighted by molar-refractivity contribution is 5.37. The van der Waals surface area contributed by atoms with E-state index in [9.17, 15) is 0 Å². The lowest BCUT2D eigenvalue weighted by Gasteiger charge is -2.15. The van der Waals surface area contributed by atoms with Crippen molar-refractivity contribution in [1.29, 1.82) is 0 Å². The van der Waals surface area contributed by atoms with E-state index in [4.69, 9.17) is 5.84 Å². The molecule has 13 heavy (non-hydrogen) atoms. The third-order valence-electron chi connectivity index (χ3n) is 2.60. The monoisotopic (exact) mass is 178 g/mol. The molecule has 0 saturated heterocycles. The molecule has 1 atom stereocenters. The van der Waals surface area contributed by atoms with Crippen LogP contribution < -0.4 is 11.3 Å². The van der Waals surface area contributed by atoms with Crippen molar-refractivity contribution in [3.05, 3.63) is 34.4 Å². The molecule has 0 unspecified atom stereocenters. The molecule has 0 saturated carbocycles. The molecular formula is C11H18N2. The molecule has 0 spiro atoms. The van der Waals surface area contributed by atoms with E-state index in [-0.39, 0.29) is 6.04 Å². The average molecular weight is 178 g/mol. The zero-order valence-corrected chi connectivity index (χ0v) is 8.81. The van der Waals surface area contributed by atoms with Gasteiger partial charge in [-0.05, 0) is 49.9 Å². The molecule has 0 fully saturated rings. The molecule has 3 N–H and O–H groups in total. The first-order valence-corrected chi connectivity index (χ1v) is 4.60. The summed E-state index contributed by atoms with van der Waals surface area (Å²) in [6.45, 7) is 8.45. The highest BCUT2D eigenvalue weighted by atomic mass is 15.2. The Balaban J connectivity index is 3.15. The first kappa shape index (κ1) is 10.2. The van der Waals surface area contributed by atoms with E-state index in [1.165, 1.54) is 22.3 Å². The largest absolute Gasteiger partial charge is 0.271 e. The highest BCUT2D eigenvalue weighted by Crippen LogP contribution is 2.20.